The number of carbonyl (C=O) groups excluding carboxylic acids is 1. The fourth-order valence-corrected chi connectivity index (χ4v) is 2.69. The van der Waals surface area contributed by atoms with Crippen LogP contribution in [-0.4, -0.2) is 28.6 Å². The summed E-state index contributed by atoms with van der Waals surface area (Å²) in [6.45, 7) is 2.61. The van der Waals surface area contributed by atoms with Crippen LogP contribution in [0.3, 0.4) is 0 Å². The Morgan fingerprint density at radius 3 is 2.83 bits per heavy atom. The van der Waals surface area contributed by atoms with Gasteiger partial charge in [0.15, 0.2) is 0 Å². The summed E-state index contributed by atoms with van der Waals surface area (Å²) >= 11 is 0. The van der Waals surface area contributed by atoms with E-state index in [9.17, 15) is 4.79 Å². The summed E-state index contributed by atoms with van der Waals surface area (Å²) in [5.74, 6) is 0. The van der Waals surface area contributed by atoms with Crippen LogP contribution in [0.15, 0.2) is 42.9 Å². The molecule has 0 bridgehead atoms. The highest BCUT2D eigenvalue weighted by atomic mass is 16.5. The lowest BCUT2D eigenvalue weighted by atomic mass is 9.97. The molecular formula is C17H20N4O2. The average Bonchev–Trinajstić information content (AvgIpc) is 2.58. The molecule has 0 aliphatic carbocycles. The van der Waals surface area contributed by atoms with Gasteiger partial charge >= 0.3 is 6.03 Å². The van der Waals surface area contributed by atoms with Crippen molar-refractivity contribution < 1.29 is 9.53 Å². The number of pyridine rings is 2. The number of rotatable bonds is 3. The van der Waals surface area contributed by atoms with Crippen LogP contribution >= 0.6 is 0 Å². The average molecular weight is 312 g/mol. The van der Waals surface area contributed by atoms with Gasteiger partial charge in [0.25, 0.3) is 0 Å². The number of aromatic nitrogens is 2. The summed E-state index contributed by atoms with van der Waals surface area (Å²) in [6.07, 6.45) is 6.79. The smallest absolute Gasteiger partial charge is 0.319 e. The first-order valence-electron chi connectivity index (χ1n) is 7.74. The maximum atomic E-state index is 12.2. The van der Waals surface area contributed by atoms with Crippen LogP contribution in [-0.2, 0) is 4.74 Å². The fourth-order valence-electron chi connectivity index (χ4n) is 2.69. The Bertz CT molecular complexity index is 645. The lowest BCUT2D eigenvalue weighted by Crippen LogP contribution is -2.44. The Kier molecular flexibility index (Phi) is 4.83. The molecule has 6 heteroatoms. The summed E-state index contributed by atoms with van der Waals surface area (Å²) in [4.78, 5) is 20.4. The molecule has 0 unspecified atom stereocenters. The third-order valence-electron chi connectivity index (χ3n) is 3.84. The number of ether oxygens (including phenoxy) is 1. The molecule has 0 spiro atoms. The molecule has 1 aliphatic rings. The minimum Gasteiger partial charge on any atom is -0.371 e. The number of nitrogens with one attached hydrogen (secondary N) is 2. The van der Waals surface area contributed by atoms with E-state index < -0.39 is 0 Å². The van der Waals surface area contributed by atoms with Gasteiger partial charge in [-0.2, -0.15) is 0 Å². The first-order chi connectivity index (χ1) is 11.2. The van der Waals surface area contributed by atoms with Crippen molar-refractivity contribution in [2.24, 2.45) is 0 Å². The highest BCUT2D eigenvalue weighted by Gasteiger charge is 2.28. The normalized spacial score (nSPS) is 20.7. The highest BCUT2D eigenvalue weighted by molar-refractivity contribution is 5.89. The van der Waals surface area contributed by atoms with E-state index >= 15 is 0 Å². The van der Waals surface area contributed by atoms with Crippen LogP contribution in [0.25, 0.3) is 0 Å². The van der Waals surface area contributed by atoms with Gasteiger partial charge in [-0.3, -0.25) is 9.97 Å². The van der Waals surface area contributed by atoms with E-state index in [1.807, 2.05) is 31.2 Å². The number of nitrogens with zero attached hydrogens (tertiary/aromatic N) is 2. The van der Waals surface area contributed by atoms with Crippen molar-refractivity contribution in [3.05, 3.63) is 54.1 Å². The van der Waals surface area contributed by atoms with Gasteiger partial charge in [-0.05, 0) is 49.6 Å². The number of hydrogen-bond acceptors (Lipinski definition) is 4. The van der Waals surface area contributed by atoms with Crippen LogP contribution < -0.4 is 10.6 Å². The molecular weight excluding hydrogens is 292 g/mol. The van der Waals surface area contributed by atoms with Gasteiger partial charge < -0.3 is 15.4 Å². The van der Waals surface area contributed by atoms with E-state index in [-0.39, 0.29) is 18.2 Å². The molecule has 0 radical (unpaired) electrons. The molecule has 2 aromatic heterocycles. The quantitative estimate of drug-likeness (QED) is 0.913. The number of urea groups is 1. The van der Waals surface area contributed by atoms with E-state index in [0.717, 1.165) is 24.1 Å². The summed E-state index contributed by atoms with van der Waals surface area (Å²) in [6, 6.07) is 7.23. The highest BCUT2D eigenvalue weighted by Crippen LogP contribution is 2.28. The van der Waals surface area contributed by atoms with E-state index in [1.165, 1.54) is 0 Å². The van der Waals surface area contributed by atoms with E-state index in [1.54, 1.807) is 18.6 Å². The van der Waals surface area contributed by atoms with Crippen molar-refractivity contribution in [2.75, 3.05) is 11.9 Å². The molecule has 0 saturated carbocycles. The third kappa shape index (κ3) is 4.04. The summed E-state index contributed by atoms with van der Waals surface area (Å²) < 4.78 is 5.86. The minimum atomic E-state index is -0.245. The second kappa shape index (κ2) is 7.19. The van der Waals surface area contributed by atoms with Gasteiger partial charge in [0, 0.05) is 24.7 Å². The topological polar surface area (TPSA) is 76.1 Å². The lowest BCUT2D eigenvalue weighted by molar-refractivity contribution is -0.00701. The zero-order chi connectivity index (χ0) is 16.1. The Morgan fingerprint density at radius 2 is 2.09 bits per heavy atom. The lowest BCUT2D eigenvalue weighted by Gasteiger charge is -2.32. The molecule has 120 valence electrons. The first kappa shape index (κ1) is 15.4. The molecule has 3 heterocycles. The third-order valence-corrected chi connectivity index (χ3v) is 3.84. The summed E-state index contributed by atoms with van der Waals surface area (Å²) in [5, 5.41) is 5.82. The monoisotopic (exact) mass is 312 g/mol. The minimum absolute atomic E-state index is 0.0652. The molecule has 0 aromatic carbocycles. The Balaban J connectivity index is 1.64. The molecule has 23 heavy (non-hydrogen) atoms. The fraction of sp³-hybridized carbons (Fsp3) is 0.353. The maximum Gasteiger partial charge on any atom is 0.319 e. The van der Waals surface area contributed by atoms with Crippen molar-refractivity contribution in [1.29, 1.82) is 0 Å². The van der Waals surface area contributed by atoms with Crippen LogP contribution in [0.4, 0.5) is 10.5 Å². The molecule has 6 nitrogen and oxygen atoms in total. The second-order valence-electron chi connectivity index (χ2n) is 5.61. The van der Waals surface area contributed by atoms with E-state index in [0.29, 0.717) is 12.3 Å². The van der Waals surface area contributed by atoms with Gasteiger partial charge in [-0.25, -0.2) is 4.79 Å². The maximum absolute atomic E-state index is 12.2. The first-order valence-corrected chi connectivity index (χ1v) is 7.74. The Labute approximate surface area is 135 Å². The zero-order valence-electron chi connectivity index (χ0n) is 13.0. The standard InChI is InChI=1S/C17H20N4O2/c1-12-4-5-14(11-19-12)20-17(22)21-15-3-2-10-23-16(15)13-6-8-18-9-7-13/h4-9,11,15-16H,2-3,10H2,1H3,(H2,20,21,22)/t15-,16+/m0/s1. The molecule has 1 saturated heterocycles. The molecule has 2 amide bonds. The SMILES string of the molecule is Cc1ccc(NC(=O)N[C@H]2CCCO[C@@H]2c2ccncc2)cn1. The van der Waals surface area contributed by atoms with Crippen molar-refractivity contribution in [1.82, 2.24) is 15.3 Å². The zero-order valence-corrected chi connectivity index (χ0v) is 13.0. The number of hydrogen-bond donors (Lipinski definition) is 2. The Morgan fingerprint density at radius 1 is 1.26 bits per heavy atom. The van der Waals surface area contributed by atoms with Crippen molar-refractivity contribution in [2.45, 2.75) is 31.9 Å². The van der Waals surface area contributed by atoms with Crippen LogP contribution in [0.5, 0.6) is 0 Å². The number of anilines is 1. The molecule has 1 aliphatic heterocycles. The van der Waals surface area contributed by atoms with Gasteiger partial charge in [0.05, 0.1) is 17.9 Å². The van der Waals surface area contributed by atoms with Crippen LogP contribution in [0.2, 0.25) is 0 Å². The Hall–Kier alpha value is -2.47. The van der Waals surface area contributed by atoms with Gasteiger partial charge in [0.2, 0.25) is 0 Å². The summed E-state index contributed by atoms with van der Waals surface area (Å²) in [7, 11) is 0. The van der Waals surface area contributed by atoms with Crippen LogP contribution in [0.1, 0.15) is 30.2 Å². The number of aryl methyl sites for hydroxylation is 1. The van der Waals surface area contributed by atoms with Crippen molar-refractivity contribution in [3.63, 3.8) is 0 Å². The summed E-state index contributed by atoms with van der Waals surface area (Å²) in [5.41, 5.74) is 2.61. The predicted molar refractivity (Wildman–Crippen MR) is 87.1 cm³/mol. The van der Waals surface area contributed by atoms with Crippen molar-refractivity contribution in [3.8, 4) is 0 Å². The molecule has 2 N–H and O–H groups in total. The van der Waals surface area contributed by atoms with Gasteiger partial charge in [0.1, 0.15) is 6.10 Å². The molecule has 2 atom stereocenters. The molecule has 2 aromatic rings. The predicted octanol–water partition coefficient (Wildman–Crippen LogP) is 2.83. The van der Waals surface area contributed by atoms with Gasteiger partial charge in [-0.1, -0.05) is 0 Å². The second-order valence-corrected chi connectivity index (χ2v) is 5.61. The number of carbonyl (C=O) groups is 1. The number of amides is 2. The molecule has 3 rings (SSSR count). The largest absolute Gasteiger partial charge is 0.371 e. The van der Waals surface area contributed by atoms with Gasteiger partial charge in [-0.15, -0.1) is 0 Å². The molecule has 1 fully saturated rings. The van der Waals surface area contributed by atoms with E-state index in [4.69, 9.17) is 4.74 Å². The van der Waals surface area contributed by atoms with E-state index in [2.05, 4.69) is 20.6 Å². The van der Waals surface area contributed by atoms with Crippen molar-refractivity contribution >= 4 is 11.7 Å². The van der Waals surface area contributed by atoms with Crippen LogP contribution in [0, 0.1) is 6.92 Å².